The van der Waals surface area contributed by atoms with Gasteiger partial charge in [0.15, 0.2) is 0 Å². The lowest BCUT2D eigenvalue weighted by Gasteiger charge is -2.16. The summed E-state index contributed by atoms with van der Waals surface area (Å²) in [5.41, 5.74) is 2.64. The van der Waals surface area contributed by atoms with Crippen LogP contribution in [0.1, 0.15) is 29.2 Å². The van der Waals surface area contributed by atoms with Gasteiger partial charge in [-0.1, -0.05) is 0 Å². The molecule has 0 bridgehead atoms. The topological polar surface area (TPSA) is 77.8 Å². The van der Waals surface area contributed by atoms with Crippen LogP contribution in [0.5, 0.6) is 11.5 Å². The first-order chi connectivity index (χ1) is 7.77. The third-order valence-electron chi connectivity index (χ3n) is 2.91. The van der Waals surface area contributed by atoms with E-state index in [0.29, 0.717) is 27.8 Å². The molecule has 17 heavy (non-hydrogen) atoms. The van der Waals surface area contributed by atoms with E-state index < -0.39 is 5.97 Å². The molecular weight excluding hydrogens is 220 g/mol. The van der Waals surface area contributed by atoms with Gasteiger partial charge < -0.3 is 15.3 Å². The zero-order valence-electron chi connectivity index (χ0n) is 10.3. The van der Waals surface area contributed by atoms with E-state index in [0.717, 1.165) is 6.08 Å². The van der Waals surface area contributed by atoms with Crippen LogP contribution in [-0.4, -0.2) is 21.3 Å². The van der Waals surface area contributed by atoms with E-state index in [4.69, 9.17) is 5.11 Å². The summed E-state index contributed by atoms with van der Waals surface area (Å²) in [6.07, 6.45) is 1.06. The number of phenolic OH excluding ortho intramolecular Hbond substituents is 2. The van der Waals surface area contributed by atoms with Gasteiger partial charge in [-0.2, -0.15) is 0 Å². The first kappa shape index (κ1) is 13.1. The molecule has 0 aliphatic carbocycles. The van der Waals surface area contributed by atoms with Crippen molar-refractivity contribution in [1.82, 2.24) is 0 Å². The number of benzene rings is 1. The zero-order chi connectivity index (χ0) is 13.3. The number of rotatable bonds is 2. The number of hydrogen-bond donors (Lipinski definition) is 3. The van der Waals surface area contributed by atoms with Crippen molar-refractivity contribution >= 4 is 11.5 Å². The smallest absolute Gasteiger partial charge is 0.328 e. The van der Waals surface area contributed by atoms with Crippen LogP contribution in [0.3, 0.4) is 0 Å². The molecule has 0 unspecified atom stereocenters. The molecule has 92 valence electrons. The molecule has 3 N–H and O–H groups in total. The van der Waals surface area contributed by atoms with Gasteiger partial charge in [0, 0.05) is 11.6 Å². The SMILES string of the molecule is C/C(=C\C(=O)O)c1c(C)c(O)c(C)c(O)c1C. The molecule has 0 saturated carbocycles. The van der Waals surface area contributed by atoms with Gasteiger partial charge in [-0.25, -0.2) is 4.79 Å². The van der Waals surface area contributed by atoms with Crippen molar-refractivity contribution in [2.24, 2.45) is 0 Å². The Balaban J connectivity index is 3.61. The predicted molar refractivity (Wildman–Crippen MR) is 65.3 cm³/mol. The third-order valence-corrected chi connectivity index (χ3v) is 2.91. The maximum absolute atomic E-state index is 10.6. The fraction of sp³-hybridized carbons (Fsp3) is 0.308. The summed E-state index contributed by atoms with van der Waals surface area (Å²) >= 11 is 0. The molecule has 0 fully saturated rings. The molecule has 0 atom stereocenters. The Morgan fingerprint density at radius 1 is 1.00 bits per heavy atom. The highest BCUT2D eigenvalue weighted by Gasteiger charge is 2.17. The van der Waals surface area contributed by atoms with Crippen LogP contribution >= 0.6 is 0 Å². The van der Waals surface area contributed by atoms with Gasteiger partial charge >= 0.3 is 5.97 Å². The van der Waals surface area contributed by atoms with E-state index in [1.54, 1.807) is 27.7 Å². The average Bonchev–Trinajstić information content (AvgIpc) is 2.23. The Bertz CT molecular complexity index is 484. The second kappa shape index (κ2) is 4.49. The highest BCUT2D eigenvalue weighted by atomic mass is 16.4. The number of carboxylic acid groups (broad SMARTS) is 1. The molecule has 4 heteroatoms. The van der Waals surface area contributed by atoms with E-state index in [-0.39, 0.29) is 11.5 Å². The number of aliphatic carboxylic acids is 1. The Kier molecular flexibility index (Phi) is 3.46. The van der Waals surface area contributed by atoms with Crippen molar-refractivity contribution in [2.45, 2.75) is 27.7 Å². The fourth-order valence-corrected chi connectivity index (χ4v) is 2.04. The standard InChI is InChI=1S/C13H16O4/c1-6(5-10(14)15)11-7(2)12(16)9(4)13(17)8(11)3/h5,16-17H,1-4H3,(H,14,15)/b6-5+. The van der Waals surface area contributed by atoms with Crippen LogP contribution < -0.4 is 0 Å². The largest absolute Gasteiger partial charge is 0.507 e. The predicted octanol–water partition coefficient (Wildman–Crippen LogP) is 2.51. The molecule has 1 aromatic carbocycles. The lowest BCUT2D eigenvalue weighted by Crippen LogP contribution is -1.98. The van der Waals surface area contributed by atoms with E-state index >= 15 is 0 Å². The van der Waals surface area contributed by atoms with Gasteiger partial charge in [-0.05, 0) is 50.0 Å². The van der Waals surface area contributed by atoms with Crippen LogP contribution in [-0.2, 0) is 4.79 Å². The molecule has 4 nitrogen and oxygen atoms in total. The van der Waals surface area contributed by atoms with Gasteiger partial charge in [-0.15, -0.1) is 0 Å². The number of allylic oxidation sites excluding steroid dienone is 1. The first-order valence-electron chi connectivity index (χ1n) is 5.20. The van der Waals surface area contributed by atoms with Crippen molar-refractivity contribution in [3.05, 3.63) is 28.3 Å². The lowest BCUT2D eigenvalue weighted by molar-refractivity contribution is -0.131. The zero-order valence-corrected chi connectivity index (χ0v) is 10.3. The summed E-state index contributed by atoms with van der Waals surface area (Å²) in [6, 6.07) is 0. The van der Waals surface area contributed by atoms with E-state index in [2.05, 4.69) is 0 Å². The Labute approximate surface area is 99.8 Å². The maximum atomic E-state index is 10.6. The molecular formula is C13H16O4. The molecule has 0 saturated heterocycles. The molecule has 1 rings (SSSR count). The van der Waals surface area contributed by atoms with Crippen LogP contribution in [0, 0.1) is 20.8 Å². The first-order valence-corrected chi connectivity index (χ1v) is 5.20. The monoisotopic (exact) mass is 236 g/mol. The minimum absolute atomic E-state index is 0.00115. The number of carboxylic acids is 1. The summed E-state index contributed by atoms with van der Waals surface area (Å²) in [5.74, 6) is -1.05. The lowest BCUT2D eigenvalue weighted by atomic mass is 9.92. The van der Waals surface area contributed by atoms with Crippen molar-refractivity contribution < 1.29 is 20.1 Å². The summed E-state index contributed by atoms with van der Waals surface area (Å²) in [6.45, 7) is 6.65. The summed E-state index contributed by atoms with van der Waals surface area (Å²) in [5, 5.41) is 28.4. The van der Waals surface area contributed by atoms with E-state index in [9.17, 15) is 15.0 Å². The summed E-state index contributed by atoms with van der Waals surface area (Å²) < 4.78 is 0. The van der Waals surface area contributed by atoms with Crippen molar-refractivity contribution in [3.63, 3.8) is 0 Å². The fourth-order valence-electron chi connectivity index (χ4n) is 2.04. The highest BCUT2D eigenvalue weighted by molar-refractivity contribution is 5.91. The van der Waals surface area contributed by atoms with E-state index in [1.165, 1.54) is 0 Å². The van der Waals surface area contributed by atoms with Gasteiger partial charge in [0.25, 0.3) is 0 Å². The van der Waals surface area contributed by atoms with Crippen LogP contribution in [0.4, 0.5) is 0 Å². The number of phenols is 2. The second-order valence-corrected chi connectivity index (χ2v) is 4.11. The Morgan fingerprint density at radius 3 is 1.76 bits per heavy atom. The molecule has 0 aliphatic rings. The van der Waals surface area contributed by atoms with Gasteiger partial charge in [0.05, 0.1) is 0 Å². The second-order valence-electron chi connectivity index (χ2n) is 4.11. The minimum atomic E-state index is -1.05. The molecule has 0 heterocycles. The third kappa shape index (κ3) is 2.25. The summed E-state index contributed by atoms with van der Waals surface area (Å²) in [7, 11) is 0. The molecule has 0 amide bonds. The Hall–Kier alpha value is -1.97. The maximum Gasteiger partial charge on any atom is 0.328 e. The van der Waals surface area contributed by atoms with Crippen LogP contribution in [0.15, 0.2) is 6.08 Å². The minimum Gasteiger partial charge on any atom is -0.507 e. The number of aromatic hydroxyl groups is 2. The average molecular weight is 236 g/mol. The van der Waals surface area contributed by atoms with Gasteiger partial charge in [0.2, 0.25) is 0 Å². The van der Waals surface area contributed by atoms with Crippen molar-refractivity contribution in [1.29, 1.82) is 0 Å². The highest BCUT2D eigenvalue weighted by Crippen LogP contribution is 2.39. The Morgan fingerprint density at radius 2 is 1.41 bits per heavy atom. The molecule has 0 spiro atoms. The van der Waals surface area contributed by atoms with Crippen LogP contribution in [0.25, 0.3) is 5.57 Å². The van der Waals surface area contributed by atoms with E-state index in [1.807, 2.05) is 0 Å². The normalized spacial score (nSPS) is 11.6. The molecule has 0 aromatic heterocycles. The van der Waals surface area contributed by atoms with Crippen LogP contribution in [0.2, 0.25) is 0 Å². The van der Waals surface area contributed by atoms with Gasteiger partial charge in [0.1, 0.15) is 11.5 Å². The van der Waals surface area contributed by atoms with Crippen molar-refractivity contribution in [3.8, 4) is 11.5 Å². The number of carbonyl (C=O) groups is 1. The van der Waals surface area contributed by atoms with Gasteiger partial charge in [-0.3, -0.25) is 0 Å². The molecule has 0 aliphatic heterocycles. The number of hydrogen-bond acceptors (Lipinski definition) is 3. The van der Waals surface area contributed by atoms with Crippen molar-refractivity contribution in [2.75, 3.05) is 0 Å². The summed E-state index contributed by atoms with van der Waals surface area (Å²) in [4.78, 5) is 10.6. The molecule has 0 radical (unpaired) electrons. The quantitative estimate of drug-likeness (QED) is 0.689. The molecule has 1 aromatic rings.